The molecule has 0 unspecified atom stereocenters. The van der Waals surface area contributed by atoms with E-state index in [-0.39, 0.29) is 0 Å². The maximum atomic E-state index is 5.77. The fraction of sp³-hybridized carbons (Fsp3) is 0.444. The van der Waals surface area contributed by atoms with Gasteiger partial charge in [0.1, 0.15) is 11.0 Å². The minimum Gasteiger partial charge on any atom is -0.379 e. The Bertz CT molecular complexity index is 302. The first-order valence-corrected chi connectivity index (χ1v) is 4.94. The number of ether oxygens (including phenoxy) is 1. The van der Waals surface area contributed by atoms with Crippen molar-refractivity contribution in [2.45, 2.75) is 0 Å². The maximum Gasteiger partial charge on any atom is 0.142 e. The molecule has 2 heterocycles. The molecular weight excluding hydrogens is 202 g/mol. The Morgan fingerprint density at radius 3 is 2.86 bits per heavy atom. The number of halogens is 1. The molecule has 0 bridgehead atoms. The molecule has 0 radical (unpaired) electrons. The molecule has 4 nitrogen and oxygen atoms in total. The van der Waals surface area contributed by atoms with Crippen LogP contribution in [0.2, 0.25) is 5.15 Å². The van der Waals surface area contributed by atoms with Crippen LogP contribution in [-0.2, 0) is 4.74 Å². The Hall–Kier alpha value is -0.840. The van der Waals surface area contributed by atoms with Gasteiger partial charge in [-0.15, -0.1) is 0 Å². The highest BCUT2D eigenvalue weighted by Gasteiger charge is 2.09. The van der Waals surface area contributed by atoms with Crippen molar-refractivity contribution in [3.05, 3.63) is 23.4 Å². The zero-order chi connectivity index (χ0) is 9.80. The van der Waals surface area contributed by atoms with E-state index in [1.54, 1.807) is 6.07 Å². The maximum absolute atomic E-state index is 5.77. The van der Waals surface area contributed by atoms with Crippen molar-refractivity contribution >= 4 is 17.4 Å². The van der Waals surface area contributed by atoms with Gasteiger partial charge >= 0.3 is 0 Å². The zero-order valence-electron chi connectivity index (χ0n) is 7.74. The first-order chi connectivity index (χ1) is 6.84. The normalized spacial score (nSPS) is 18.1. The summed E-state index contributed by atoms with van der Waals surface area (Å²) in [6.45, 7) is 3.25. The van der Waals surface area contributed by atoms with E-state index >= 15 is 0 Å². The van der Waals surface area contributed by atoms with E-state index in [4.69, 9.17) is 16.3 Å². The fourth-order valence-corrected chi connectivity index (χ4v) is 1.47. The van der Waals surface area contributed by atoms with Crippen molar-refractivity contribution in [3.63, 3.8) is 0 Å². The van der Waals surface area contributed by atoms with Gasteiger partial charge in [-0.3, -0.25) is 0 Å². The summed E-state index contributed by atoms with van der Waals surface area (Å²) in [7, 11) is 0. The molecule has 2 rings (SSSR count). The summed E-state index contributed by atoms with van der Waals surface area (Å²) in [6, 6.07) is 5.52. The number of hydrazine groups is 1. The quantitative estimate of drug-likeness (QED) is 0.754. The summed E-state index contributed by atoms with van der Waals surface area (Å²) in [5, 5.41) is 2.57. The van der Waals surface area contributed by atoms with E-state index in [1.807, 2.05) is 12.1 Å². The van der Waals surface area contributed by atoms with Crippen LogP contribution < -0.4 is 5.43 Å². The van der Waals surface area contributed by atoms with Crippen LogP contribution in [0.15, 0.2) is 18.2 Å². The molecule has 5 heteroatoms. The summed E-state index contributed by atoms with van der Waals surface area (Å²) >= 11 is 5.77. The summed E-state index contributed by atoms with van der Waals surface area (Å²) in [5.74, 6) is 0.777. The Morgan fingerprint density at radius 2 is 2.14 bits per heavy atom. The van der Waals surface area contributed by atoms with Gasteiger partial charge in [-0.2, -0.15) is 0 Å². The lowest BCUT2D eigenvalue weighted by Crippen LogP contribution is -2.40. The SMILES string of the molecule is Clc1cccc(NN2CCOCC2)n1. The topological polar surface area (TPSA) is 37.4 Å². The number of hydrogen-bond acceptors (Lipinski definition) is 4. The van der Waals surface area contributed by atoms with Crippen molar-refractivity contribution in [1.29, 1.82) is 0 Å². The van der Waals surface area contributed by atoms with Gasteiger partial charge in [0.05, 0.1) is 13.2 Å². The van der Waals surface area contributed by atoms with Gasteiger partial charge < -0.3 is 10.2 Å². The Balaban J connectivity index is 1.95. The summed E-state index contributed by atoms with van der Waals surface area (Å²) in [6.07, 6.45) is 0. The number of nitrogens with one attached hydrogen (secondary N) is 1. The number of morpholine rings is 1. The largest absolute Gasteiger partial charge is 0.379 e. The monoisotopic (exact) mass is 213 g/mol. The lowest BCUT2D eigenvalue weighted by Gasteiger charge is -2.27. The highest BCUT2D eigenvalue weighted by molar-refractivity contribution is 6.29. The van der Waals surface area contributed by atoms with E-state index in [2.05, 4.69) is 15.4 Å². The zero-order valence-corrected chi connectivity index (χ0v) is 8.50. The van der Waals surface area contributed by atoms with Gasteiger partial charge in [-0.25, -0.2) is 9.99 Å². The molecule has 1 aromatic rings. The third-order valence-electron chi connectivity index (χ3n) is 2.00. The van der Waals surface area contributed by atoms with Crippen molar-refractivity contribution in [2.24, 2.45) is 0 Å². The Kier molecular flexibility index (Phi) is 3.18. The van der Waals surface area contributed by atoms with Crippen LogP contribution in [-0.4, -0.2) is 36.3 Å². The predicted octanol–water partition coefficient (Wildman–Crippen LogP) is 1.39. The van der Waals surface area contributed by atoms with Gasteiger partial charge in [-0.05, 0) is 12.1 Å². The van der Waals surface area contributed by atoms with E-state index in [0.717, 1.165) is 32.1 Å². The molecule has 0 spiro atoms. The lowest BCUT2D eigenvalue weighted by molar-refractivity contribution is 0.0495. The number of hydrogen-bond donors (Lipinski definition) is 1. The summed E-state index contributed by atoms with van der Waals surface area (Å²) < 4.78 is 5.23. The van der Waals surface area contributed by atoms with E-state index in [1.165, 1.54) is 0 Å². The molecule has 0 amide bonds. The van der Waals surface area contributed by atoms with Gasteiger partial charge in [0.25, 0.3) is 0 Å². The number of aromatic nitrogens is 1. The second-order valence-electron chi connectivity index (χ2n) is 3.06. The van der Waals surface area contributed by atoms with Crippen LogP contribution in [0.3, 0.4) is 0 Å². The third kappa shape index (κ3) is 2.57. The molecule has 1 fully saturated rings. The average molecular weight is 214 g/mol. The van der Waals surface area contributed by atoms with Crippen LogP contribution in [0.4, 0.5) is 5.82 Å². The van der Waals surface area contributed by atoms with E-state index in [9.17, 15) is 0 Å². The molecule has 1 saturated heterocycles. The molecule has 0 aromatic carbocycles. The van der Waals surface area contributed by atoms with Crippen LogP contribution in [0, 0.1) is 0 Å². The molecule has 0 atom stereocenters. The molecule has 1 aromatic heterocycles. The highest BCUT2D eigenvalue weighted by atomic mass is 35.5. The molecule has 0 saturated carbocycles. The number of pyridine rings is 1. The molecular formula is C9H12ClN3O. The summed E-state index contributed by atoms with van der Waals surface area (Å²) in [5.41, 5.74) is 3.18. The van der Waals surface area contributed by atoms with E-state index < -0.39 is 0 Å². The Morgan fingerprint density at radius 1 is 1.36 bits per heavy atom. The second kappa shape index (κ2) is 4.59. The molecule has 0 aliphatic carbocycles. The minimum atomic E-state index is 0.503. The first kappa shape index (κ1) is 9.71. The molecule has 1 aliphatic heterocycles. The van der Waals surface area contributed by atoms with Crippen LogP contribution in [0.1, 0.15) is 0 Å². The van der Waals surface area contributed by atoms with Crippen LogP contribution >= 0.6 is 11.6 Å². The van der Waals surface area contributed by atoms with Crippen LogP contribution in [0.25, 0.3) is 0 Å². The van der Waals surface area contributed by atoms with Crippen molar-refractivity contribution in [2.75, 3.05) is 31.7 Å². The van der Waals surface area contributed by atoms with Gasteiger partial charge in [0.2, 0.25) is 0 Å². The molecule has 14 heavy (non-hydrogen) atoms. The van der Waals surface area contributed by atoms with Crippen molar-refractivity contribution in [1.82, 2.24) is 9.99 Å². The minimum absolute atomic E-state index is 0.503. The fourth-order valence-electron chi connectivity index (χ4n) is 1.31. The standard InChI is InChI=1S/C9H12ClN3O/c10-8-2-1-3-9(11-8)12-13-4-6-14-7-5-13/h1-3H,4-7H2,(H,11,12). The number of nitrogens with zero attached hydrogens (tertiary/aromatic N) is 2. The van der Waals surface area contributed by atoms with Gasteiger partial charge in [0.15, 0.2) is 0 Å². The lowest BCUT2D eigenvalue weighted by atomic mass is 10.4. The van der Waals surface area contributed by atoms with Crippen LogP contribution in [0.5, 0.6) is 0 Å². The van der Waals surface area contributed by atoms with Gasteiger partial charge in [0, 0.05) is 13.1 Å². The number of anilines is 1. The predicted molar refractivity (Wildman–Crippen MR) is 55.3 cm³/mol. The third-order valence-corrected chi connectivity index (χ3v) is 2.21. The molecule has 1 aliphatic rings. The summed E-state index contributed by atoms with van der Waals surface area (Å²) in [4.78, 5) is 4.14. The van der Waals surface area contributed by atoms with Crippen molar-refractivity contribution in [3.8, 4) is 0 Å². The van der Waals surface area contributed by atoms with E-state index in [0.29, 0.717) is 5.15 Å². The Labute approximate surface area is 87.8 Å². The number of rotatable bonds is 2. The highest BCUT2D eigenvalue weighted by Crippen LogP contribution is 2.10. The average Bonchev–Trinajstić information content (AvgIpc) is 2.19. The molecule has 76 valence electrons. The smallest absolute Gasteiger partial charge is 0.142 e. The molecule has 1 N–H and O–H groups in total. The van der Waals surface area contributed by atoms with Crippen molar-refractivity contribution < 1.29 is 4.74 Å². The second-order valence-corrected chi connectivity index (χ2v) is 3.44. The first-order valence-electron chi connectivity index (χ1n) is 4.56. The van der Waals surface area contributed by atoms with Gasteiger partial charge in [-0.1, -0.05) is 17.7 Å².